The van der Waals surface area contributed by atoms with E-state index >= 15 is 0 Å². The number of imidazole rings is 1. The van der Waals surface area contributed by atoms with Crippen LogP contribution in [0.3, 0.4) is 0 Å². The van der Waals surface area contributed by atoms with Crippen LogP contribution >= 0.6 is 0 Å². The van der Waals surface area contributed by atoms with E-state index in [9.17, 15) is 4.39 Å². The largest absolute Gasteiger partial charge is 0.369 e. The number of nitrogens with two attached hydrogens (primary N) is 1. The first kappa shape index (κ1) is 11.5. The Bertz CT molecular complexity index is 590. The van der Waals surface area contributed by atoms with Crippen LogP contribution < -0.4 is 5.73 Å². The highest BCUT2D eigenvalue weighted by atomic mass is 19.1. The van der Waals surface area contributed by atoms with Gasteiger partial charge in [-0.1, -0.05) is 19.9 Å². The zero-order valence-electron chi connectivity index (χ0n) is 10.7. The fraction of sp³-hybridized carbons (Fsp3) is 0.500. The van der Waals surface area contributed by atoms with Crippen molar-refractivity contribution in [3.05, 3.63) is 24.0 Å². The van der Waals surface area contributed by atoms with E-state index in [0.717, 1.165) is 11.9 Å². The maximum atomic E-state index is 13.7. The minimum atomic E-state index is -0.295. The predicted molar refractivity (Wildman–Crippen MR) is 70.7 cm³/mol. The number of rotatable bonds is 1. The van der Waals surface area contributed by atoms with Crippen LogP contribution in [0.5, 0.6) is 0 Å². The number of benzene rings is 1. The van der Waals surface area contributed by atoms with Gasteiger partial charge in [0.15, 0.2) is 5.82 Å². The first-order valence-electron chi connectivity index (χ1n) is 6.51. The normalized spacial score (nSPS) is 28.1. The minimum Gasteiger partial charge on any atom is -0.369 e. The lowest BCUT2D eigenvalue weighted by molar-refractivity contribution is 0.361. The molecule has 1 aromatic carbocycles. The maximum Gasteiger partial charge on any atom is 0.201 e. The van der Waals surface area contributed by atoms with E-state index in [0.29, 0.717) is 29.3 Å². The van der Waals surface area contributed by atoms with Gasteiger partial charge in [-0.05, 0) is 36.8 Å². The smallest absolute Gasteiger partial charge is 0.201 e. The third-order valence-corrected chi connectivity index (χ3v) is 4.45. The van der Waals surface area contributed by atoms with E-state index in [1.54, 1.807) is 6.07 Å². The first-order chi connectivity index (χ1) is 8.59. The van der Waals surface area contributed by atoms with Gasteiger partial charge in [-0.3, -0.25) is 0 Å². The fourth-order valence-corrected chi connectivity index (χ4v) is 3.15. The van der Waals surface area contributed by atoms with Crippen LogP contribution in [-0.2, 0) is 0 Å². The molecule has 3 rings (SSSR count). The van der Waals surface area contributed by atoms with E-state index in [-0.39, 0.29) is 5.82 Å². The molecule has 0 spiro atoms. The summed E-state index contributed by atoms with van der Waals surface area (Å²) in [6.45, 7) is 4.51. The summed E-state index contributed by atoms with van der Waals surface area (Å²) in [5.41, 5.74) is 7.20. The van der Waals surface area contributed by atoms with Crippen LogP contribution in [0.4, 0.5) is 10.3 Å². The topological polar surface area (TPSA) is 43.8 Å². The molecule has 0 amide bonds. The zero-order valence-corrected chi connectivity index (χ0v) is 10.7. The zero-order chi connectivity index (χ0) is 12.9. The van der Waals surface area contributed by atoms with E-state index in [2.05, 4.69) is 18.8 Å². The van der Waals surface area contributed by atoms with Gasteiger partial charge in [0, 0.05) is 6.04 Å². The molecule has 3 atom stereocenters. The van der Waals surface area contributed by atoms with Crippen LogP contribution in [0.2, 0.25) is 0 Å². The monoisotopic (exact) mass is 247 g/mol. The van der Waals surface area contributed by atoms with E-state index in [1.165, 1.54) is 12.5 Å². The van der Waals surface area contributed by atoms with Crippen LogP contribution in [0, 0.1) is 17.7 Å². The Balaban J connectivity index is 2.17. The number of nitrogens with zero attached hydrogens (tertiary/aromatic N) is 2. The molecule has 1 heterocycles. The third-order valence-electron chi connectivity index (χ3n) is 4.45. The molecule has 1 aliphatic carbocycles. The number of para-hydroxylation sites is 1. The van der Waals surface area contributed by atoms with Gasteiger partial charge in [-0.25, -0.2) is 9.37 Å². The lowest BCUT2D eigenvalue weighted by Gasteiger charge is -2.21. The Morgan fingerprint density at radius 3 is 2.78 bits per heavy atom. The highest BCUT2D eigenvalue weighted by molar-refractivity contribution is 5.79. The minimum absolute atomic E-state index is 0.295. The predicted octanol–water partition coefficient (Wildman–Crippen LogP) is 3.36. The van der Waals surface area contributed by atoms with Crippen molar-refractivity contribution in [3.63, 3.8) is 0 Å². The standard InChI is InChI=1S/C14H18FN3/c1-8-6-7-11(9(8)2)18-12-5-3-4-10(15)13(12)17-14(18)16/h3-5,8-9,11H,6-7H2,1-2H3,(H2,16,17). The molecule has 0 bridgehead atoms. The summed E-state index contributed by atoms with van der Waals surface area (Å²) in [7, 11) is 0. The Labute approximate surface area is 106 Å². The lowest BCUT2D eigenvalue weighted by Crippen LogP contribution is -2.16. The summed E-state index contributed by atoms with van der Waals surface area (Å²) >= 11 is 0. The number of anilines is 1. The average Bonchev–Trinajstić information content (AvgIpc) is 2.83. The molecule has 4 heteroatoms. The summed E-state index contributed by atoms with van der Waals surface area (Å²) in [5, 5.41) is 0. The molecule has 3 unspecified atom stereocenters. The van der Waals surface area contributed by atoms with Gasteiger partial charge in [0.1, 0.15) is 5.52 Å². The Morgan fingerprint density at radius 2 is 2.11 bits per heavy atom. The summed E-state index contributed by atoms with van der Waals surface area (Å²) in [5.74, 6) is 1.37. The summed E-state index contributed by atoms with van der Waals surface area (Å²) in [4.78, 5) is 4.18. The van der Waals surface area contributed by atoms with Crippen molar-refractivity contribution in [2.24, 2.45) is 11.8 Å². The molecule has 2 N–H and O–H groups in total. The molecule has 18 heavy (non-hydrogen) atoms. The molecule has 1 fully saturated rings. The molecule has 2 aromatic rings. The number of halogens is 1. The molecule has 1 aromatic heterocycles. The van der Waals surface area contributed by atoms with Gasteiger partial charge in [0.25, 0.3) is 0 Å². The number of nitrogen functional groups attached to an aromatic ring is 1. The second-order valence-electron chi connectivity index (χ2n) is 5.43. The van der Waals surface area contributed by atoms with Gasteiger partial charge >= 0.3 is 0 Å². The third kappa shape index (κ3) is 1.51. The van der Waals surface area contributed by atoms with Gasteiger partial charge < -0.3 is 10.3 Å². The molecule has 96 valence electrons. The van der Waals surface area contributed by atoms with Crippen molar-refractivity contribution in [1.29, 1.82) is 0 Å². The number of hydrogen-bond acceptors (Lipinski definition) is 2. The van der Waals surface area contributed by atoms with Crippen LogP contribution in [-0.4, -0.2) is 9.55 Å². The van der Waals surface area contributed by atoms with Crippen LogP contribution in [0.25, 0.3) is 11.0 Å². The quantitative estimate of drug-likeness (QED) is 0.839. The van der Waals surface area contributed by atoms with E-state index in [4.69, 9.17) is 5.73 Å². The molecular weight excluding hydrogens is 229 g/mol. The van der Waals surface area contributed by atoms with Gasteiger partial charge in [0.05, 0.1) is 5.52 Å². The van der Waals surface area contributed by atoms with E-state index < -0.39 is 0 Å². The summed E-state index contributed by atoms with van der Waals surface area (Å²) in [6.07, 6.45) is 2.29. The Morgan fingerprint density at radius 1 is 1.33 bits per heavy atom. The van der Waals surface area contributed by atoms with Crippen molar-refractivity contribution in [3.8, 4) is 0 Å². The second kappa shape index (κ2) is 3.97. The molecule has 0 radical (unpaired) electrons. The number of aromatic nitrogens is 2. The average molecular weight is 247 g/mol. The molecule has 1 saturated carbocycles. The van der Waals surface area contributed by atoms with E-state index in [1.807, 2.05) is 10.6 Å². The molecule has 1 aliphatic rings. The van der Waals surface area contributed by atoms with Crippen molar-refractivity contribution < 1.29 is 4.39 Å². The maximum absolute atomic E-state index is 13.7. The van der Waals surface area contributed by atoms with Crippen molar-refractivity contribution in [1.82, 2.24) is 9.55 Å². The highest BCUT2D eigenvalue weighted by Gasteiger charge is 2.33. The van der Waals surface area contributed by atoms with Gasteiger partial charge in [0.2, 0.25) is 5.95 Å². The molecular formula is C14H18FN3. The first-order valence-corrected chi connectivity index (χ1v) is 6.51. The second-order valence-corrected chi connectivity index (χ2v) is 5.43. The van der Waals surface area contributed by atoms with Crippen molar-refractivity contribution in [2.45, 2.75) is 32.7 Å². The molecule has 0 aliphatic heterocycles. The van der Waals surface area contributed by atoms with Gasteiger partial charge in [-0.2, -0.15) is 0 Å². The lowest BCUT2D eigenvalue weighted by atomic mass is 9.97. The van der Waals surface area contributed by atoms with Gasteiger partial charge in [-0.15, -0.1) is 0 Å². The van der Waals surface area contributed by atoms with Crippen LogP contribution in [0.15, 0.2) is 18.2 Å². The SMILES string of the molecule is CC1CCC(n2c(N)nc3c(F)cccc32)C1C. The summed E-state index contributed by atoms with van der Waals surface area (Å²) < 4.78 is 15.7. The Kier molecular flexibility index (Phi) is 2.54. The Hall–Kier alpha value is -1.58. The highest BCUT2D eigenvalue weighted by Crippen LogP contribution is 2.42. The van der Waals surface area contributed by atoms with Crippen LogP contribution in [0.1, 0.15) is 32.7 Å². The molecule has 3 nitrogen and oxygen atoms in total. The van der Waals surface area contributed by atoms with Crippen molar-refractivity contribution in [2.75, 3.05) is 5.73 Å². The van der Waals surface area contributed by atoms with Crippen molar-refractivity contribution >= 4 is 17.0 Å². The number of hydrogen-bond donors (Lipinski definition) is 1. The fourth-order valence-electron chi connectivity index (χ4n) is 3.15. The number of fused-ring (bicyclic) bond motifs is 1. The molecule has 0 saturated heterocycles. The summed E-state index contributed by atoms with van der Waals surface area (Å²) in [6, 6.07) is 5.39.